The van der Waals surface area contributed by atoms with Crippen LogP contribution in [0, 0.1) is 5.82 Å². The smallest absolute Gasteiger partial charge is 0.306 e. The highest BCUT2D eigenvalue weighted by molar-refractivity contribution is 6.30. The zero-order valence-electron chi connectivity index (χ0n) is 14.4. The van der Waals surface area contributed by atoms with Gasteiger partial charge in [0.25, 0.3) is 0 Å². The minimum Gasteiger partial charge on any atom is -0.490 e. The number of aryl methyl sites for hydroxylation is 1. The Morgan fingerprint density at radius 1 is 1.11 bits per heavy atom. The van der Waals surface area contributed by atoms with Gasteiger partial charge in [0.2, 0.25) is 0 Å². The second-order valence-electron chi connectivity index (χ2n) is 5.62. The molecule has 0 N–H and O–H groups in total. The summed E-state index contributed by atoms with van der Waals surface area (Å²) in [4.78, 5) is 15.9. The summed E-state index contributed by atoms with van der Waals surface area (Å²) in [6.07, 6.45) is 1.82. The molecule has 140 valence electrons. The number of halogens is 2. The summed E-state index contributed by atoms with van der Waals surface area (Å²) in [5.74, 6) is 0.548. The lowest BCUT2D eigenvalue weighted by Crippen LogP contribution is -2.12. The number of aromatic nitrogens is 1. The van der Waals surface area contributed by atoms with Crippen LogP contribution >= 0.6 is 11.6 Å². The third kappa shape index (κ3) is 5.56. The highest BCUT2D eigenvalue weighted by Crippen LogP contribution is 2.23. The quantitative estimate of drug-likeness (QED) is 0.413. The van der Waals surface area contributed by atoms with Crippen LogP contribution in [0.15, 0.2) is 59.1 Å². The first-order valence-corrected chi connectivity index (χ1v) is 8.73. The maximum Gasteiger partial charge on any atom is 0.306 e. The monoisotopic (exact) mass is 389 g/mol. The van der Waals surface area contributed by atoms with E-state index in [-0.39, 0.29) is 37.8 Å². The van der Waals surface area contributed by atoms with E-state index in [2.05, 4.69) is 4.98 Å². The van der Waals surface area contributed by atoms with E-state index < -0.39 is 0 Å². The average Bonchev–Trinajstić information content (AvgIpc) is 3.14. The summed E-state index contributed by atoms with van der Waals surface area (Å²) in [5, 5.41) is 0.624. The van der Waals surface area contributed by atoms with Gasteiger partial charge < -0.3 is 13.9 Å². The van der Waals surface area contributed by atoms with Gasteiger partial charge in [-0.3, -0.25) is 4.79 Å². The molecule has 0 unspecified atom stereocenters. The van der Waals surface area contributed by atoms with Crippen LogP contribution in [0.5, 0.6) is 5.75 Å². The number of hydrogen-bond acceptors (Lipinski definition) is 5. The molecule has 0 atom stereocenters. The standard InChI is InChI=1S/C20H17ClFNO4/c21-14-5-7-15(8-6-14)25-11-12-26-20(24)10-9-19-23-13-18(27-19)16-3-1-2-4-17(16)22/h1-8,13H,9-12H2. The van der Waals surface area contributed by atoms with E-state index >= 15 is 0 Å². The number of hydrogen-bond donors (Lipinski definition) is 0. The number of nitrogens with zero attached hydrogens (tertiary/aromatic N) is 1. The molecule has 0 aliphatic rings. The van der Waals surface area contributed by atoms with Crippen LogP contribution in [0.25, 0.3) is 11.3 Å². The topological polar surface area (TPSA) is 61.6 Å². The Morgan fingerprint density at radius 2 is 1.89 bits per heavy atom. The maximum atomic E-state index is 13.7. The molecule has 0 amide bonds. The van der Waals surface area contributed by atoms with Crippen LogP contribution in [0.3, 0.4) is 0 Å². The van der Waals surface area contributed by atoms with Crippen molar-refractivity contribution in [2.24, 2.45) is 0 Å². The molecular formula is C20H17ClFNO4. The second kappa shape index (κ2) is 9.19. The Hall–Kier alpha value is -2.86. The minimum atomic E-state index is -0.389. The molecule has 5 nitrogen and oxygen atoms in total. The molecule has 1 heterocycles. The number of ether oxygens (including phenoxy) is 2. The highest BCUT2D eigenvalue weighted by atomic mass is 35.5. The van der Waals surface area contributed by atoms with Gasteiger partial charge in [-0.2, -0.15) is 0 Å². The molecule has 3 rings (SSSR count). The van der Waals surface area contributed by atoms with Crippen molar-refractivity contribution in [1.29, 1.82) is 0 Å². The fourth-order valence-corrected chi connectivity index (χ4v) is 2.46. The van der Waals surface area contributed by atoms with E-state index in [1.165, 1.54) is 12.3 Å². The third-order valence-electron chi connectivity index (χ3n) is 3.66. The largest absolute Gasteiger partial charge is 0.490 e. The van der Waals surface area contributed by atoms with Crippen molar-refractivity contribution >= 4 is 17.6 Å². The number of benzene rings is 2. The number of esters is 1. The molecule has 7 heteroatoms. The molecule has 0 radical (unpaired) electrons. The molecular weight excluding hydrogens is 373 g/mol. The maximum absolute atomic E-state index is 13.7. The van der Waals surface area contributed by atoms with Crippen LogP contribution < -0.4 is 4.74 Å². The molecule has 3 aromatic rings. The minimum absolute atomic E-state index is 0.109. The second-order valence-corrected chi connectivity index (χ2v) is 6.06. The van der Waals surface area contributed by atoms with Crippen LogP contribution in [0.4, 0.5) is 4.39 Å². The third-order valence-corrected chi connectivity index (χ3v) is 3.92. The van der Waals surface area contributed by atoms with Crippen molar-refractivity contribution < 1.29 is 23.1 Å². The summed E-state index contributed by atoms with van der Waals surface area (Å²) in [7, 11) is 0. The predicted octanol–water partition coefficient (Wildman–Crippen LogP) is 4.69. The van der Waals surface area contributed by atoms with Gasteiger partial charge in [0, 0.05) is 11.4 Å². The van der Waals surface area contributed by atoms with Gasteiger partial charge in [0.15, 0.2) is 11.7 Å². The van der Waals surface area contributed by atoms with Gasteiger partial charge in [-0.1, -0.05) is 23.7 Å². The zero-order chi connectivity index (χ0) is 19.1. The number of oxazole rings is 1. The van der Waals surface area contributed by atoms with Gasteiger partial charge >= 0.3 is 5.97 Å². The molecule has 0 saturated carbocycles. The van der Waals surface area contributed by atoms with E-state index in [1.807, 2.05) is 0 Å². The Morgan fingerprint density at radius 3 is 2.67 bits per heavy atom. The molecule has 0 aliphatic carbocycles. The van der Waals surface area contributed by atoms with Gasteiger partial charge in [-0.25, -0.2) is 9.37 Å². The molecule has 1 aromatic heterocycles. The van der Waals surface area contributed by atoms with Crippen molar-refractivity contribution in [3.8, 4) is 17.1 Å². The zero-order valence-corrected chi connectivity index (χ0v) is 15.1. The lowest BCUT2D eigenvalue weighted by atomic mass is 10.2. The summed E-state index contributed by atoms with van der Waals surface area (Å²) in [5.41, 5.74) is 0.332. The van der Waals surface area contributed by atoms with Crippen molar-refractivity contribution in [3.05, 3.63) is 71.5 Å². The van der Waals surface area contributed by atoms with E-state index in [1.54, 1.807) is 42.5 Å². The van der Waals surface area contributed by atoms with Crippen LogP contribution in [0.1, 0.15) is 12.3 Å². The highest BCUT2D eigenvalue weighted by Gasteiger charge is 2.12. The molecule has 0 bridgehead atoms. The summed E-state index contributed by atoms with van der Waals surface area (Å²) < 4.78 is 29.8. The predicted molar refractivity (Wildman–Crippen MR) is 98.1 cm³/mol. The summed E-state index contributed by atoms with van der Waals surface area (Å²) in [6.45, 7) is 0.372. The van der Waals surface area contributed by atoms with Crippen LogP contribution in [-0.2, 0) is 16.0 Å². The Labute approximate surface area is 160 Å². The van der Waals surface area contributed by atoms with E-state index in [4.69, 9.17) is 25.5 Å². The SMILES string of the molecule is O=C(CCc1ncc(-c2ccccc2F)o1)OCCOc1ccc(Cl)cc1. The van der Waals surface area contributed by atoms with Gasteiger partial charge in [-0.15, -0.1) is 0 Å². The lowest BCUT2D eigenvalue weighted by Gasteiger charge is -2.07. The number of rotatable bonds is 8. The van der Waals surface area contributed by atoms with Gasteiger partial charge in [-0.05, 0) is 36.4 Å². The van der Waals surface area contributed by atoms with Crippen molar-refractivity contribution in [2.75, 3.05) is 13.2 Å². The lowest BCUT2D eigenvalue weighted by molar-refractivity contribution is -0.144. The van der Waals surface area contributed by atoms with Crippen molar-refractivity contribution in [3.63, 3.8) is 0 Å². The Kier molecular flexibility index (Phi) is 6.44. The Bertz CT molecular complexity index is 895. The van der Waals surface area contributed by atoms with Crippen LogP contribution in [-0.4, -0.2) is 24.2 Å². The summed E-state index contributed by atoms with van der Waals surface area (Å²) in [6, 6.07) is 13.2. The average molecular weight is 390 g/mol. The molecule has 0 aliphatic heterocycles. The van der Waals surface area contributed by atoms with E-state index in [0.717, 1.165) is 0 Å². The molecule has 27 heavy (non-hydrogen) atoms. The number of carbonyl (C=O) groups is 1. The fraction of sp³-hybridized carbons (Fsp3) is 0.200. The first-order chi connectivity index (χ1) is 13.1. The first-order valence-electron chi connectivity index (χ1n) is 8.35. The van der Waals surface area contributed by atoms with Gasteiger partial charge in [0.1, 0.15) is 24.8 Å². The first kappa shape index (κ1) is 18.9. The molecule has 0 spiro atoms. The number of carbonyl (C=O) groups excluding carboxylic acids is 1. The van der Waals surface area contributed by atoms with E-state index in [9.17, 15) is 9.18 Å². The molecule has 0 fully saturated rings. The fourth-order valence-electron chi connectivity index (χ4n) is 2.34. The summed E-state index contributed by atoms with van der Waals surface area (Å²) >= 11 is 5.79. The molecule has 0 saturated heterocycles. The normalized spacial score (nSPS) is 10.6. The Balaban J connectivity index is 1.39. The van der Waals surface area contributed by atoms with Crippen molar-refractivity contribution in [1.82, 2.24) is 4.98 Å². The van der Waals surface area contributed by atoms with Crippen LogP contribution in [0.2, 0.25) is 5.02 Å². The van der Waals surface area contributed by atoms with Crippen molar-refractivity contribution in [2.45, 2.75) is 12.8 Å². The molecule has 2 aromatic carbocycles. The van der Waals surface area contributed by atoms with E-state index in [0.29, 0.717) is 28.0 Å². The van der Waals surface area contributed by atoms with Gasteiger partial charge in [0.05, 0.1) is 18.2 Å².